The van der Waals surface area contributed by atoms with Gasteiger partial charge in [0.1, 0.15) is 27.8 Å². The van der Waals surface area contributed by atoms with Crippen LogP contribution in [0.4, 0.5) is 10.5 Å². The molecule has 3 aromatic heterocycles. The number of nitrogens with zero attached hydrogens (tertiary/aromatic N) is 1. The Hall–Kier alpha value is -3.74. The van der Waals surface area contributed by atoms with Crippen LogP contribution in [0.2, 0.25) is 4.34 Å². The fourth-order valence-corrected chi connectivity index (χ4v) is 4.06. The predicted octanol–water partition coefficient (Wildman–Crippen LogP) is 5.40. The molecule has 1 saturated carbocycles. The minimum atomic E-state index is -0.944. The van der Waals surface area contributed by atoms with Crippen molar-refractivity contribution in [3.05, 3.63) is 69.6 Å². The number of ether oxygens (including phenoxy) is 1. The van der Waals surface area contributed by atoms with Crippen molar-refractivity contribution in [1.82, 2.24) is 4.37 Å². The lowest BCUT2D eigenvalue weighted by Gasteiger charge is -2.06. The van der Waals surface area contributed by atoms with Crippen LogP contribution in [-0.2, 0) is 21.6 Å². The first kappa shape index (κ1) is 21.1. The van der Waals surface area contributed by atoms with E-state index in [9.17, 15) is 14.7 Å². The Bertz CT molecular complexity index is 1390. The molecule has 166 valence electrons. The number of hydrogen-bond acceptors (Lipinski definition) is 7. The molecule has 0 radical (unpaired) electrons. The Morgan fingerprint density at radius 3 is 2.70 bits per heavy atom. The zero-order valence-electron chi connectivity index (χ0n) is 16.9. The van der Waals surface area contributed by atoms with E-state index < -0.39 is 17.5 Å². The molecule has 0 bridgehead atoms. The van der Waals surface area contributed by atoms with Crippen LogP contribution in [0.3, 0.4) is 0 Å². The van der Waals surface area contributed by atoms with Gasteiger partial charge in [-0.3, -0.25) is 10.1 Å². The third-order valence-corrected chi connectivity index (χ3v) is 6.27. The maximum absolute atomic E-state index is 12.2. The topological polar surface area (TPSA) is 115 Å². The van der Waals surface area contributed by atoms with Crippen LogP contribution < -0.4 is 5.32 Å². The average molecular weight is 483 g/mol. The summed E-state index contributed by atoms with van der Waals surface area (Å²) in [7, 11) is 0. The summed E-state index contributed by atoms with van der Waals surface area (Å²) >= 11 is 7.14. The average Bonchev–Trinajstić information content (AvgIpc) is 3.24. The summed E-state index contributed by atoms with van der Waals surface area (Å²) in [6.07, 6.45) is 0.401. The zero-order chi connectivity index (χ0) is 23.0. The van der Waals surface area contributed by atoms with Crippen molar-refractivity contribution in [2.24, 2.45) is 0 Å². The maximum Gasteiger partial charge on any atom is 0.412 e. The van der Waals surface area contributed by atoms with E-state index in [0.717, 1.165) is 17.1 Å². The van der Waals surface area contributed by atoms with Gasteiger partial charge in [-0.2, -0.15) is 4.37 Å². The van der Waals surface area contributed by atoms with Gasteiger partial charge in [-0.05, 0) is 47.8 Å². The molecule has 2 N–H and O–H groups in total. The quantitative estimate of drug-likeness (QED) is 0.366. The van der Waals surface area contributed by atoms with Gasteiger partial charge < -0.3 is 18.7 Å². The number of rotatable bonds is 5. The van der Waals surface area contributed by atoms with Crippen LogP contribution in [0.1, 0.15) is 35.6 Å². The van der Waals surface area contributed by atoms with E-state index in [1.807, 2.05) is 30.3 Å². The number of hydrogen-bond donors (Lipinski definition) is 2. The second-order valence-electron chi connectivity index (χ2n) is 7.47. The molecule has 5 rings (SSSR count). The van der Waals surface area contributed by atoms with E-state index in [4.69, 9.17) is 25.2 Å². The molecule has 1 amide bonds. The normalized spacial score (nSPS) is 13.8. The fraction of sp³-hybridized carbons (Fsp3) is 0.174. The largest absolute Gasteiger partial charge is 0.480 e. The Morgan fingerprint density at radius 2 is 2.00 bits per heavy atom. The molecule has 0 atom stereocenters. The summed E-state index contributed by atoms with van der Waals surface area (Å²) in [5.41, 5.74) is 0.420. The Balaban J connectivity index is 1.29. The third-order valence-electron chi connectivity index (χ3n) is 5.24. The summed E-state index contributed by atoms with van der Waals surface area (Å²) in [4.78, 5) is 23.6. The second-order valence-corrected chi connectivity index (χ2v) is 8.84. The van der Waals surface area contributed by atoms with Crippen LogP contribution in [0.5, 0.6) is 0 Å². The number of halogens is 1. The summed E-state index contributed by atoms with van der Waals surface area (Å²) in [5, 5.41) is 12.6. The first-order valence-corrected chi connectivity index (χ1v) is 11.0. The number of carbonyl (C=O) groups is 2. The van der Waals surface area contributed by atoms with Crippen LogP contribution in [0.25, 0.3) is 11.2 Å². The van der Waals surface area contributed by atoms with Gasteiger partial charge in [-0.25, -0.2) is 4.79 Å². The molecule has 8 nitrogen and oxygen atoms in total. The molecule has 1 aliphatic rings. The van der Waals surface area contributed by atoms with Gasteiger partial charge in [0.25, 0.3) is 5.78 Å². The molecule has 4 aromatic rings. The molecule has 0 spiro atoms. The van der Waals surface area contributed by atoms with Gasteiger partial charge in [0.15, 0.2) is 11.5 Å². The van der Waals surface area contributed by atoms with Crippen molar-refractivity contribution in [3.8, 4) is 11.8 Å². The maximum atomic E-state index is 12.2. The van der Waals surface area contributed by atoms with Gasteiger partial charge in [0, 0.05) is 6.07 Å². The number of amides is 1. The molecule has 1 aliphatic carbocycles. The third kappa shape index (κ3) is 4.18. The number of carbonyl (C=O) groups excluding carboxylic acids is 1. The van der Waals surface area contributed by atoms with E-state index >= 15 is 0 Å². The minimum absolute atomic E-state index is 0.111. The highest BCUT2D eigenvalue weighted by Gasteiger charge is 2.54. The van der Waals surface area contributed by atoms with E-state index in [2.05, 4.69) is 21.5 Å². The van der Waals surface area contributed by atoms with Gasteiger partial charge in [0.2, 0.25) is 0 Å². The molecule has 0 aliphatic heterocycles. The monoisotopic (exact) mass is 482 g/mol. The number of carboxylic acids is 1. The van der Waals surface area contributed by atoms with Crippen LogP contribution >= 0.6 is 23.1 Å². The zero-order valence-corrected chi connectivity index (χ0v) is 18.5. The molecule has 10 heteroatoms. The molecule has 33 heavy (non-hydrogen) atoms. The molecule has 1 fully saturated rings. The molecular weight excluding hydrogens is 468 g/mol. The molecule has 3 heterocycles. The molecule has 0 unspecified atom stereocenters. The highest BCUT2D eigenvalue weighted by molar-refractivity contribution is 7.11. The number of nitrogens with one attached hydrogen (secondary N) is 1. The van der Waals surface area contributed by atoms with Gasteiger partial charge in [-0.1, -0.05) is 41.9 Å². The van der Waals surface area contributed by atoms with E-state index in [1.165, 1.54) is 0 Å². The van der Waals surface area contributed by atoms with Crippen molar-refractivity contribution in [2.45, 2.75) is 24.9 Å². The Labute approximate surface area is 196 Å². The first-order valence-electron chi connectivity index (χ1n) is 9.87. The van der Waals surface area contributed by atoms with Crippen molar-refractivity contribution >= 4 is 52.0 Å². The second kappa shape index (κ2) is 8.31. The van der Waals surface area contributed by atoms with E-state index in [-0.39, 0.29) is 28.1 Å². The standard InChI is InChI=1S/C23H15ClN2O6S/c24-19-18(25-22(29)30-12-13-4-2-1-3-5-13)16(26-33-19)7-6-15-10-14-11-17(32-20(14)31-15)23(8-9-23)21(27)28/h1-5,10-11H,8-9,12H2,(H,25,29)(H,27,28). The number of benzene rings is 1. The number of furan rings is 2. The Morgan fingerprint density at radius 1 is 1.21 bits per heavy atom. The summed E-state index contributed by atoms with van der Waals surface area (Å²) in [5.74, 6) is 5.63. The summed E-state index contributed by atoms with van der Waals surface area (Å²) in [6, 6.07) is 12.6. The fourth-order valence-electron chi connectivity index (χ4n) is 3.27. The van der Waals surface area contributed by atoms with Gasteiger partial charge in [0.05, 0.1) is 5.39 Å². The first-order chi connectivity index (χ1) is 15.9. The van der Waals surface area contributed by atoms with Crippen molar-refractivity contribution < 1.29 is 28.3 Å². The van der Waals surface area contributed by atoms with Crippen molar-refractivity contribution in [2.75, 3.05) is 5.32 Å². The van der Waals surface area contributed by atoms with Crippen LogP contribution in [-0.4, -0.2) is 21.5 Å². The Kier molecular flexibility index (Phi) is 5.32. The lowest BCUT2D eigenvalue weighted by atomic mass is 10.0. The van der Waals surface area contributed by atoms with Crippen molar-refractivity contribution in [1.29, 1.82) is 0 Å². The number of aliphatic carboxylic acids is 1. The molecule has 1 aromatic carbocycles. The van der Waals surface area contributed by atoms with E-state index in [1.54, 1.807) is 12.1 Å². The lowest BCUT2D eigenvalue weighted by Crippen LogP contribution is -2.18. The smallest absolute Gasteiger partial charge is 0.412 e. The van der Waals surface area contributed by atoms with Crippen molar-refractivity contribution in [3.63, 3.8) is 0 Å². The summed E-state index contributed by atoms with van der Waals surface area (Å²) < 4.78 is 20.8. The predicted molar refractivity (Wildman–Crippen MR) is 120 cm³/mol. The number of aromatic nitrogens is 1. The highest BCUT2D eigenvalue weighted by Crippen LogP contribution is 2.50. The van der Waals surface area contributed by atoms with Gasteiger partial charge in [-0.15, -0.1) is 0 Å². The van der Waals surface area contributed by atoms with Crippen LogP contribution in [0, 0.1) is 11.8 Å². The highest BCUT2D eigenvalue weighted by atomic mass is 35.5. The number of fused-ring (bicyclic) bond motifs is 1. The van der Waals surface area contributed by atoms with Crippen LogP contribution in [0.15, 0.2) is 51.3 Å². The van der Waals surface area contributed by atoms with E-state index in [0.29, 0.717) is 29.7 Å². The lowest BCUT2D eigenvalue weighted by molar-refractivity contribution is -0.140. The molecule has 0 saturated heterocycles. The number of carboxylic acid groups (broad SMARTS) is 1. The SMILES string of the molecule is O=C(Nc1c(C#Cc2cc3cc(C4(C(=O)O)CC4)oc3o2)nsc1Cl)OCc1ccccc1. The molecular formula is C23H15ClN2O6S. The summed E-state index contributed by atoms with van der Waals surface area (Å²) in [6.45, 7) is 0.111. The number of anilines is 1. The van der Waals surface area contributed by atoms with Gasteiger partial charge >= 0.3 is 12.1 Å². The minimum Gasteiger partial charge on any atom is -0.480 e.